The Morgan fingerprint density at radius 1 is 0.931 bits per heavy atom. The Bertz CT molecular complexity index is 1350. The van der Waals surface area contributed by atoms with Crippen molar-refractivity contribution in [2.24, 2.45) is 0 Å². The number of nitrogens with one attached hydrogen (secondary N) is 1. The van der Waals surface area contributed by atoms with Gasteiger partial charge in [-0.05, 0) is 47.0 Å². The molecular weight excluding hydrogens is 384 g/mol. The molecule has 0 unspecified atom stereocenters. The van der Waals surface area contributed by atoms with Gasteiger partial charge in [0.15, 0.2) is 5.69 Å². The molecule has 5 aromatic rings. The Labute approximate surface area is 161 Å². The van der Waals surface area contributed by atoms with E-state index in [4.69, 9.17) is 0 Å². The molecule has 5 rings (SSSR count). The molecule has 144 valence electrons. The first-order valence-electron chi connectivity index (χ1n) is 8.68. The fraction of sp³-hybridized carbons (Fsp3) is 0.0476. The minimum Gasteiger partial charge on any atom is -0.306 e. The molecule has 3 heterocycles. The van der Waals surface area contributed by atoms with E-state index in [0.29, 0.717) is 22.3 Å². The second-order valence-corrected chi connectivity index (χ2v) is 6.64. The Morgan fingerprint density at radius 3 is 2.45 bits per heavy atom. The maximum absolute atomic E-state index is 13.4. The van der Waals surface area contributed by atoms with Crippen LogP contribution in [0.3, 0.4) is 0 Å². The average molecular weight is 396 g/mol. The highest BCUT2D eigenvalue weighted by Crippen LogP contribution is 2.38. The molecule has 0 aliphatic rings. The largest absolute Gasteiger partial charge is 0.434 e. The number of pyridine rings is 1. The summed E-state index contributed by atoms with van der Waals surface area (Å²) in [4.78, 5) is 3.87. The molecule has 0 aliphatic heterocycles. The molecular formula is C21H12F4N4. The van der Waals surface area contributed by atoms with Gasteiger partial charge in [-0.25, -0.2) is 9.37 Å². The van der Waals surface area contributed by atoms with Crippen molar-refractivity contribution in [2.75, 3.05) is 0 Å². The highest BCUT2D eigenvalue weighted by Gasteiger charge is 2.34. The van der Waals surface area contributed by atoms with E-state index in [0.717, 1.165) is 17.1 Å². The van der Waals surface area contributed by atoms with E-state index in [-0.39, 0.29) is 5.65 Å². The van der Waals surface area contributed by atoms with Crippen LogP contribution >= 0.6 is 0 Å². The molecule has 0 amide bonds. The second kappa shape index (κ2) is 6.16. The summed E-state index contributed by atoms with van der Waals surface area (Å²) in [5, 5.41) is 7.66. The van der Waals surface area contributed by atoms with E-state index in [2.05, 4.69) is 15.2 Å². The number of halogens is 4. The monoisotopic (exact) mass is 396 g/mol. The smallest absolute Gasteiger partial charge is 0.306 e. The first-order chi connectivity index (χ1) is 13.9. The molecule has 0 aliphatic carbocycles. The van der Waals surface area contributed by atoms with Gasteiger partial charge in [-0.15, -0.1) is 0 Å². The van der Waals surface area contributed by atoms with Gasteiger partial charge in [0.05, 0.1) is 11.7 Å². The van der Waals surface area contributed by atoms with Crippen LogP contribution in [-0.2, 0) is 6.18 Å². The van der Waals surface area contributed by atoms with Crippen LogP contribution in [0.15, 0.2) is 67.1 Å². The number of aromatic nitrogens is 4. The number of alkyl halides is 3. The Morgan fingerprint density at radius 2 is 1.69 bits per heavy atom. The summed E-state index contributed by atoms with van der Waals surface area (Å²) < 4.78 is 54.5. The van der Waals surface area contributed by atoms with Crippen molar-refractivity contribution >= 4 is 16.6 Å². The number of imidazole rings is 1. The van der Waals surface area contributed by atoms with E-state index < -0.39 is 17.7 Å². The number of benzene rings is 2. The van der Waals surface area contributed by atoms with Crippen LogP contribution in [0, 0.1) is 5.82 Å². The predicted octanol–water partition coefficient (Wildman–Crippen LogP) is 5.70. The van der Waals surface area contributed by atoms with Crippen LogP contribution in [-0.4, -0.2) is 19.6 Å². The molecule has 8 heteroatoms. The molecule has 29 heavy (non-hydrogen) atoms. The van der Waals surface area contributed by atoms with E-state index in [1.807, 2.05) is 12.1 Å². The van der Waals surface area contributed by atoms with Gasteiger partial charge in [0.25, 0.3) is 0 Å². The minimum absolute atomic E-state index is 0.169. The topological polar surface area (TPSA) is 46.0 Å². The normalized spacial score (nSPS) is 12.1. The highest BCUT2D eigenvalue weighted by atomic mass is 19.4. The summed E-state index contributed by atoms with van der Waals surface area (Å²) in [5.74, 6) is -0.392. The number of hydrogen-bond acceptors (Lipinski definition) is 2. The van der Waals surface area contributed by atoms with Crippen LogP contribution in [0.1, 0.15) is 5.69 Å². The van der Waals surface area contributed by atoms with Gasteiger partial charge >= 0.3 is 6.18 Å². The first-order valence-corrected chi connectivity index (χ1v) is 8.68. The van der Waals surface area contributed by atoms with Gasteiger partial charge in [0.2, 0.25) is 0 Å². The van der Waals surface area contributed by atoms with E-state index >= 15 is 0 Å². The SMILES string of the molecule is Fc1ccc(-c2ccn3cc(C(F)(F)F)nc3c2-c2ccc3[nH]ncc3c2)cc1. The summed E-state index contributed by atoms with van der Waals surface area (Å²) in [5.41, 5.74) is 2.54. The average Bonchev–Trinajstić information content (AvgIpc) is 3.33. The molecule has 0 bridgehead atoms. The molecule has 0 spiro atoms. The van der Waals surface area contributed by atoms with E-state index in [1.54, 1.807) is 30.5 Å². The number of nitrogens with zero attached hydrogens (tertiary/aromatic N) is 3. The van der Waals surface area contributed by atoms with E-state index in [9.17, 15) is 17.6 Å². The molecule has 0 radical (unpaired) electrons. The van der Waals surface area contributed by atoms with Crippen LogP contribution in [0.2, 0.25) is 0 Å². The maximum atomic E-state index is 13.4. The van der Waals surface area contributed by atoms with Gasteiger partial charge in [0.1, 0.15) is 11.5 Å². The lowest BCUT2D eigenvalue weighted by Gasteiger charge is -2.12. The Balaban J connectivity index is 1.84. The maximum Gasteiger partial charge on any atom is 0.434 e. The summed E-state index contributed by atoms with van der Waals surface area (Å²) in [6.07, 6.45) is -0.434. The second-order valence-electron chi connectivity index (χ2n) is 6.64. The highest BCUT2D eigenvalue weighted by molar-refractivity contribution is 5.95. The minimum atomic E-state index is -4.56. The third kappa shape index (κ3) is 2.93. The van der Waals surface area contributed by atoms with Crippen LogP contribution in [0.25, 0.3) is 38.8 Å². The molecule has 0 fully saturated rings. The number of hydrogen-bond donors (Lipinski definition) is 1. The standard InChI is InChI=1S/C21H12F4N4/c22-15-4-1-12(2-5-15)16-7-8-29-11-18(21(23,24)25)27-20(29)19(16)13-3-6-17-14(9-13)10-26-28-17/h1-11H,(H,26,28). The van der Waals surface area contributed by atoms with Crippen LogP contribution in [0.5, 0.6) is 0 Å². The molecule has 4 nitrogen and oxygen atoms in total. The zero-order valence-corrected chi connectivity index (χ0v) is 14.7. The van der Waals surface area contributed by atoms with Gasteiger partial charge < -0.3 is 4.40 Å². The van der Waals surface area contributed by atoms with Crippen molar-refractivity contribution in [3.8, 4) is 22.3 Å². The molecule has 0 saturated carbocycles. The van der Waals surface area contributed by atoms with Crippen molar-refractivity contribution in [1.29, 1.82) is 0 Å². The molecule has 0 saturated heterocycles. The third-order valence-corrected chi connectivity index (χ3v) is 4.80. The molecule has 0 atom stereocenters. The lowest BCUT2D eigenvalue weighted by atomic mass is 9.95. The number of aromatic amines is 1. The van der Waals surface area contributed by atoms with Crippen molar-refractivity contribution in [2.45, 2.75) is 6.18 Å². The fourth-order valence-corrected chi connectivity index (χ4v) is 3.44. The summed E-state index contributed by atoms with van der Waals surface area (Å²) in [6, 6.07) is 13.0. The van der Waals surface area contributed by atoms with Gasteiger partial charge in [-0.2, -0.15) is 18.3 Å². The molecule has 2 aromatic carbocycles. The van der Waals surface area contributed by atoms with Crippen molar-refractivity contribution in [3.63, 3.8) is 0 Å². The summed E-state index contributed by atoms with van der Waals surface area (Å²) in [6.45, 7) is 0. The molecule has 3 aromatic heterocycles. The zero-order chi connectivity index (χ0) is 20.2. The number of fused-ring (bicyclic) bond motifs is 2. The van der Waals surface area contributed by atoms with Crippen LogP contribution in [0.4, 0.5) is 17.6 Å². The third-order valence-electron chi connectivity index (χ3n) is 4.80. The molecule has 1 N–H and O–H groups in total. The van der Waals surface area contributed by atoms with Gasteiger partial charge in [0, 0.05) is 23.3 Å². The van der Waals surface area contributed by atoms with Crippen LogP contribution < -0.4 is 0 Å². The quantitative estimate of drug-likeness (QED) is 0.389. The Hall–Kier alpha value is -3.68. The summed E-state index contributed by atoms with van der Waals surface area (Å²) in [7, 11) is 0. The van der Waals surface area contributed by atoms with Crippen molar-refractivity contribution in [3.05, 3.63) is 78.6 Å². The first kappa shape index (κ1) is 17.4. The van der Waals surface area contributed by atoms with E-state index in [1.165, 1.54) is 22.7 Å². The van der Waals surface area contributed by atoms with Gasteiger partial charge in [-0.1, -0.05) is 18.2 Å². The number of rotatable bonds is 2. The fourth-order valence-electron chi connectivity index (χ4n) is 3.44. The Kier molecular flexibility index (Phi) is 3.70. The lowest BCUT2D eigenvalue weighted by Crippen LogP contribution is -2.04. The lowest BCUT2D eigenvalue weighted by molar-refractivity contribution is -0.140. The van der Waals surface area contributed by atoms with Gasteiger partial charge in [-0.3, -0.25) is 5.10 Å². The number of H-pyrrole nitrogens is 1. The zero-order valence-electron chi connectivity index (χ0n) is 14.7. The predicted molar refractivity (Wildman–Crippen MR) is 101 cm³/mol. The van der Waals surface area contributed by atoms with Crippen molar-refractivity contribution < 1.29 is 17.6 Å². The summed E-state index contributed by atoms with van der Waals surface area (Å²) >= 11 is 0. The van der Waals surface area contributed by atoms with Crippen molar-refractivity contribution in [1.82, 2.24) is 19.6 Å².